The Hall–Kier alpha value is -2.68. The standard InChI is InChI=1S/C13H14N6O2S/c14-12-16-10-9(11(20)17-12)19(7-6-15-10)13(21)22-18-8-4-2-1-3-5-8/h1-5,18H,6-7H2,(H4,14,15,16,17,20). The molecule has 3 rings (SSSR count). The maximum absolute atomic E-state index is 12.4. The molecule has 114 valence electrons. The molecule has 0 saturated carbocycles. The molecule has 1 aromatic carbocycles. The van der Waals surface area contributed by atoms with E-state index in [4.69, 9.17) is 5.73 Å². The number of H-pyrrole nitrogens is 1. The first-order valence-electron chi connectivity index (χ1n) is 6.58. The predicted molar refractivity (Wildman–Crippen MR) is 88.2 cm³/mol. The first kappa shape index (κ1) is 14.3. The molecule has 0 fully saturated rings. The minimum atomic E-state index is -0.441. The number of nitrogens with two attached hydrogens (primary N) is 1. The highest BCUT2D eigenvalue weighted by Crippen LogP contribution is 2.26. The number of carbonyl (C=O) groups excluding carboxylic acids is 1. The van der Waals surface area contributed by atoms with Crippen molar-refractivity contribution < 1.29 is 4.79 Å². The van der Waals surface area contributed by atoms with E-state index in [1.54, 1.807) is 0 Å². The van der Waals surface area contributed by atoms with Crippen molar-refractivity contribution in [2.24, 2.45) is 0 Å². The van der Waals surface area contributed by atoms with E-state index in [9.17, 15) is 9.59 Å². The molecule has 2 aromatic rings. The van der Waals surface area contributed by atoms with Crippen LogP contribution in [0.5, 0.6) is 0 Å². The number of nitrogen functional groups attached to an aromatic ring is 1. The van der Waals surface area contributed by atoms with Crippen LogP contribution in [0.4, 0.5) is 27.9 Å². The van der Waals surface area contributed by atoms with E-state index in [-0.39, 0.29) is 16.9 Å². The van der Waals surface area contributed by atoms with Gasteiger partial charge < -0.3 is 15.8 Å². The van der Waals surface area contributed by atoms with Crippen molar-refractivity contribution >= 4 is 40.3 Å². The number of para-hydroxylation sites is 1. The second-order valence-corrected chi connectivity index (χ2v) is 5.32. The van der Waals surface area contributed by atoms with Gasteiger partial charge in [-0.15, -0.1) is 0 Å². The number of anilines is 4. The molecule has 2 heterocycles. The predicted octanol–water partition coefficient (Wildman–Crippen LogP) is 1.46. The molecule has 0 atom stereocenters. The third-order valence-electron chi connectivity index (χ3n) is 3.06. The molecule has 0 spiro atoms. The highest BCUT2D eigenvalue weighted by molar-refractivity contribution is 8.15. The van der Waals surface area contributed by atoms with Crippen LogP contribution in [0, 0.1) is 0 Å². The van der Waals surface area contributed by atoms with Crippen molar-refractivity contribution in [3.05, 3.63) is 40.7 Å². The van der Waals surface area contributed by atoms with E-state index in [2.05, 4.69) is 20.0 Å². The lowest BCUT2D eigenvalue weighted by Crippen LogP contribution is -2.41. The Morgan fingerprint density at radius 2 is 2.14 bits per heavy atom. The number of hydrogen-bond acceptors (Lipinski definition) is 7. The first-order chi connectivity index (χ1) is 10.6. The third kappa shape index (κ3) is 2.84. The molecule has 0 saturated heterocycles. The maximum atomic E-state index is 12.4. The van der Waals surface area contributed by atoms with Gasteiger partial charge in [-0.1, -0.05) is 18.2 Å². The van der Waals surface area contributed by atoms with Crippen LogP contribution in [0.3, 0.4) is 0 Å². The van der Waals surface area contributed by atoms with Gasteiger partial charge in [-0.25, -0.2) is 0 Å². The lowest BCUT2D eigenvalue weighted by molar-refractivity contribution is 0.265. The van der Waals surface area contributed by atoms with Crippen molar-refractivity contribution in [3.63, 3.8) is 0 Å². The Balaban J connectivity index is 1.79. The van der Waals surface area contributed by atoms with Crippen molar-refractivity contribution in [2.45, 2.75) is 0 Å². The summed E-state index contributed by atoms with van der Waals surface area (Å²) < 4.78 is 2.95. The molecule has 1 amide bonds. The van der Waals surface area contributed by atoms with Crippen LogP contribution in [0.1, 0.15) is 0 Å². The van der Waals surface area contributed by atoms with Gasteiger partial charge >= 0.3 is 5.24 Å². The highest BCUT2D eigenvalue weighted by atomic mass is 32.2. The topological polar surface area (TPSA) is 116 Å². The molecule has 0 bridgehead atoms. The number of aromatic nitrogens is 2. The van der Waals surface area contributed by atoms with Gasteiger partial charge in [0.15, 0.2) is 11.5 Å². The van der Waals surface area contributed by atoms with Crippen molar-refractivity contribution in [2.75, 3.05) is 33.8 Å². The van der Waals surface area contributed by atoms with Gasteiger partial charge in [0, 0.05) is 30.7 Å². The molecule has 22 heavy (non-hydrogen) atoms. The molecular weight excluding hydrogens is 304 g/mol. The third-order valence-corrected chi connectivity index (χ3v) is 3.79. The Labute approximate surface area is 130 Å². The van der Waals surface area contributed by atoms with Gasteiger partial charge in [0.25, 0.3) is 5.56 Å². The summed E-state index contributed by atoms with van der Waals surface area (Å²) in [5.74, 6) is 0.335. The summed E-state index contributed by atoms with van der Waals surface area (Å²) in [6, 6.07) is 9.32. The summed E-state index contributed by atoms with van der Waals surface area (Å²) in [4.78, 5) is 32.2. The summed E-state index contributed by atoms with van der Waals surface area (Å²) in [6.45, 7) is 0.879. The minimum Gasteiger partial charge on any atom is -0.369 e. The van der Waals surface area contributed by atoms with E-state index < -0.39 is 5.56 Å². The largest absolute Gasteiger partial charge is 0.369 e. The number of amides is 1. The molecule has 1 aliphatic heterocycles. The number of rotatable bonds is 2. The summed E-state index contributed by atoms with van der Waals surface area (Å²) >= 11 is 0.910. The molecule has 0 radical (unpaired) electrons. The van der Waals surface area contributed by atoms with Gasteiger partial charge in [0.1, 0.15) is 0 Å². The van der Waals surface area contributed by atoms with Crippen molar-refractivity contribution in [1.29, 1.82) is 0 Å². The zero-order valence-corrected chi connectivity index (χ0v) is 12.3. The zero-order valence-electron chi connectivity index (χ0n) is 11.5. The molecule has 0 aliphatic carbocycles. The van der Waals surface area contributed by atoms with E-state index in [0.717, 1.165) is 17.6 Å². The Morgan fingerprint density at radius 1 is 1.36 bits per heavy atom. The number of fused-ring (bicyclic) bond motifs is 1. The van der Waals surface area contributed by atoms with Crippen LogP contribution in [-0.4, -0.2) is 28.3 Å². The van der Waals surface area contributed by atoms with Crippen LogP contribution < -0.4 is 26.2 Å². The quantitative estimate of drug-likeness (QED) is 0.619. The van der Waals surface area contributed by atoms with Gasteiger partial charge in [-0.3, -0.25) is 19.5 Å². The lowest BCUT2D eigenvalue weighted by Gasteiger charge is -2.28. The average molecular weight is 318 g/mol. The fraction of sp³-hybridized carbons (Fsp3) is 0.154. The van der Waals surface area contributed by atoms with Crippen LogP contribution in [0.25, 0.3) is 0 Å². The van der Waals surface area contributed by atoms with Crippen LogP contribution in [-0.2, 0) is 0 Å². The second kappa shape index (κ2) is 5.98. The summed E-state index contributed by atoms with van der Waals surface area (Å²) in [6.07, 6.45) is 0. The highest BCUT2D eigenvalue weighted by Gasteiger charge is 2.27. The fourth-order valence-electron chi connectivity index (χ4n) is 2.10. The number of nitrogens with one attached hydrogen (secondary N) is 3. The monoisotopic (exact) mass is 318 g/mol. The average Bonchev–Trinajstić information content (AvgIpc) is 2.52. The molecule has 1 aliphatic rings. The van der Waals surface area contributed by atoms with E-state index >= 15 is 0 Å². The van der Waals surface area contributed by atoms with Crippen LogP contribution >= 0.6 is 11.9 Å². The SMILES string of the molecule is Nc1nc2c(c(=O)[nH]1)N(C(=O)SNc1ccccc1)CCN2. The Bertz CT molecular complexity index is 748. The smallest absolute Gasteiger partial charge is 0.306 e. The summed E-state index contributed by atoms with van der Waals surface area (Å²) in [5, 5.41) is 2.68. The van der Waals surface area contributed by atoms with Gasteiger partial charge in [-0.2, -0.15) is 4.98 Å². The first-order valence-corrected chi connectivity index (χ1v) is 7.40. The lowest BCUT2D eigenvalue weighted by atomic mass is 10.3. The molecule has 9 heteroatoms. The van der Waals surface area contributed by atoms with E-state index in [1.165, 1.54) is 4.90 Å². The van der Waals surface area contributed by atoms with E-state index in [0.29, 0.717) is 18.9 Å². The summed E-state index contributed by atoms with van der Waals surface area (Å²) in [5.41, 5.74) is 6.06. The molecule has 8 nitrogen and oxygen atoms in total. The number of hydrogen-bond donors (Lipinski definition) is 4. The number of nitrogens with zero attached hydrogens (tertiary/aromatic N) is 2. The zero-order chi connectivity index (χ0) is 15.5. The summed E-state index contributed by atoms with van der Waals surface area (Å²) in [7, 11) is 0. The number of benzene rings is 1. The number of carbonyl (C=O) groups is 1. The van der Waals surface area contributed by atoms with Crippen molar-refractivity contribution in [3.8, 4) is 0 Å². The van der Waals surface area contributed by atoms with Gasteiger partial charge in [0.05, 0.1) is 0 Å². The molecular formula is C13H14N6O2S. The van der Waals surface area contributed by atoms with Crippen molar-refractivity contribution in [1.82, 2.24) is 9.97 Å². The second-order valence-electron chi connectivity index (χ2n) is 4.56. The Kier molecular flexibility index (Phi) is 3.88. The minimum absolute atomic E-state index is 0.0145. The normalized spacial score (nSPS) is 13.2. The van der Waals surface area contributed by atoms with Crippen LogP contribution in [0.15, 0.2) is 35.1 Å². The van der Waals surface area contributed by atoms with Crippen LogP contribution in [0.2, 0.25) is 0 Å². The maximum Gasteiger partial charge on any atom is 0.306 e. The van der Waals surface area contributed by atoms with Gasteiger partial charge in [-0.05, 0) is 12.1 Å². The van der Waals surface area contributed by atoms with E-state index in [1.807, 2.05) is 30.3 Å². The Morgan fingerprint density at radius 3 is 2.91 bits per heavy atom. The fourth-order valence-corrected chi connectivity index (χ4v) is 2.74. The van der Waals surface area contributed by atoms with Gasteiger partial charge in [0.2, 0.25) is 5.95 Å². The molecule has 0 unspecified atom stereocenters. The molecule has 5 N–H and O–H groups in total. The molecule has 1 aromatic heterocycles. The number of aromatic amines is 1.